The predicted octanol–water partition coefficient (Wildman–Crippen LogP) is 2.11. The summed E-state index contributed by atoms with van der Waals surface area (Å²) in [6.45, 7) is 1.32. The second-order valence-corrected chi connectivity index (χ2v) is 5.58. The van der Waals surface area contributed by atoms with E-state index in [0.717, 1.165) is 5.56 Å². The number of ether oxygens (including phenoxy) is 2. The van der Waals surface area contributed by atoms with Crippen LogP contribution in [0.25, 0.3) is 6.08 Å². The molecule has 20 heavy (non-hydrogen) atoms. The number of esters is 1. The average Bonchev–Trinajstić information content (AvgIpc) is 2.69. The minimum Gasteiger partial charge on any atom is -0.493 e. The number of hydrogen-bond acceptors (Lipinski definition) is 6. The Bertz CT molecular complexity index is 625. The SMILES string of the molecule is COc1cc(/C=C2/SC(=S)NC2=O)ccc1OC(C)=O. The minimum atomic E-state index is -0.425. The van der Waals surface area contributed by atoms with Crippen molar-refractivity contribution in [1.82, 2.24) is 5.32 Å². The summed E-state index contributed by atoms with van der Waals surface area (Å²) in [5, 5.41) is 2.54. The molecule has 0 spiro atoms. The van der Waals surface area contributed by atoms with Gasteiger partial charge < -0.3 is 14.8 Å². The zero-order chi connectivity index (χ0) is 14.7. The number of thiocarbonyl (C=S) groups is 1. The first kappa shape index (κ1) is 14.5. The number of rotatable bonds is 3. The van der Waals surface area contributed by atoms with Crippen LogP contribution in [0.15, 0.2) is 23.1 Å². The molecule has 1 fully saturated rings. The van der Waals surface area contributed by atoms with E-state index >= 15 is 0 Å². The molecular weight excluding hydrogens is 298 g/mol. The molecule has 5 nitrogen and oxygen atoms in total. The van der Waals surface area contributed by atoms with Crippen LogP contribution in [-0.4, -0.2) is 23.3 Å². The van der Waals surface area contributed by atoms with Crippen LogP contribution in [0.3, 0.4) is 0 Å². The highest BCUT2D eigenvalue weighted by atomic mass is 32.2. The highest BCUT2D eigenvalue weighted by Gasteiger charge is 2.22. The number of carbonyl (C=O) groups excluding carboxylic acids is 2. The quantitative estimate of drug-likeness (QED) is 0.399. The summed E-state index contributed by atoms with van der Waals surface area (Å²) in [5.74, 6) is 0.107. The molecule has 1 saturated heterocycles. The first-order valence-electron chi connectivity index (χ1n) is 5.61. The second-order valence-electron chi connectivity index (χ2n) is 3.86. The Morgan fingerprint density at radius 1 is 1.40 bits per heavy atom. The molecule has 1 heterocycles. The third kappa shape index (κ3) is 3.37. The smallest absolute Gasteiger partial charge is 0.308 e. The second kappa shape index (κ2) is 6.06. The molecule has 0 atom stereocenters. The van der Waals surface area contributed by atoms with E-state index in [1.807, 2.05) is 0 Å². The van der Waals surface area contributed by atoms with Crippen LogP contribution in [0.2, 0.25) is 0 Å². The van der Waals surface area contributed by atoms with Gasteiger partial charge in [0.1, 0.15) is 4.32 Å². The van der Waals surface area contributed by atoms with Gasteiger partial charge in [0.25, 0.3) is 5.91 Å². The molecule has 7 heteroatoms. The summed E-state index contributed by atoms with van der Waals surface area (Å²) in [5.41, 5.74) is 0.750. The molecule has 0 radical (unpaired) electrons. The van der Waals surface area contributed by atoms with Gasteiger partial charge in [-0.1, -0.05) is 30.0 Å². The fourth-order valence-corrected chi connectivity index (χ4v) is 2.63. The lowest BCUT2D eigenvalue weighted by atomic mass is 10.2. The Morgan fingerprint density at radius 2 is 2.15 bits per heavy atom. The van der Waals surface area contributed by atoms with E-state index in [2.05, 4.69) is 5.32 Å². The molecule has 1 aliphatic rings. The Morgan fingerprint density at radius 3 is 2.70 bits per heavy atom. The number of carbonyl (C=O) groups is 2. The van der Waals surface area contributed by atoms with E-state index in [-0.39, 0.29) is 5.91 Å². The van der Waals surface area contributed by atoms with E-state index in [4.69, 9.17) is 21.7 Å². The number of hydrogen-bond donors (Lipinski definition) is 1. The molecule has 104 valence electrons. The molecule has 2 rings (SSSR count). The highest BCUT2D eigenvalue weighted by Crippen LogP contribution is 2.31. The van der Waals surface area contributed by atoms with Crippen molar-refractivity contribution in [1.29, 1.82) is 0 Å². The Labute approximate surface area is 125 Å². The Balaban J connectivity index is 2.30. The summed E-state index contributed by atoms with van der Waals surface area (Å²) in [4.78, 5) is 23.0. The van der Waals surface area contributed by atoms with Gasteiger partial charge in [0, 0.05) is 6.92 Å². The van der Waals surface area contributed by atoms with Crippen LogP contribution in [-0.2, 0) is 9.59 Å². The number of methoxy groups -OCH3 is 1. The molecular formula is C13H11NO4S2. The topological polar surface area (TPSA) is 64.6 Å². The van der Waals surface area contributed by atoms with Crippen LogP contribution in [0.4, 0.5) is 0 Å². The van der Waals surface area contributed by atoms with E-state index in [9.17, 15) is 9.59 Å². The van der Waals surface area contributed by atoms with Crippen LogP contribution >= 0.6 is 24.0 Å². The van der Waals surface area contributed by atoms with Crippen LogP contribution < -0.4 is 14.8 Å². The maximum atomic E-state index is 11.6. The maximum absolute atomic E-state index is 11.6. The van der Waals surface area contributed by atoms with Crippen molar-refractivity contribution >= 4 is 46.3 Å². The van der Waals surface area contributed by atoms with Gasteiger partial charge >= 0.3 is 5.97 Å². The summed E-state index contributed by atoms with van der Waals surface area (Å²) in [6, 6.07) is 5.02. The first-order chi connectivity index (χ1) is 9.49. The zero-order valence-electron chi connectivity index (χ0n) is 10.8. The highest BCUT2D eigenvalue weighted by molar-refractivity contribution is 8.26. The van der Waals surface area contributed by atoms with Gasteiger partial charge in [0.15, 0.2) is 11.5 Å². The number of nitrogens with one attached hydrogen (secondary N) is 1. The normalized spacial score (nSPS) is 16.2. The standard InChI is InChI=1S/C13H11NO4S2/c1-7(15)18-9-4-3-8(5-10(9)17-2)6-11-12(16)14-13(19)20-11/h3-6H,1-2H3,(H,14,16,19)/b11-6+. The van der Waals surface area contributed by atoms with E-state index < -0.39 is 5.97 Å². The van der Waals surface area contributed by atoms with E-state index in [1.54, 1.807) is 24.3 Å². The molecule has 1 aliphatic heterocycles. The van der Waals surface area contributed by atoms with Gasteiger partial charge in [-0.2, -0.15) is 0 Å². The van der Waals surface area contributed by atoms with Crippen molar-refractivity contribution in [2.24, 2.45) is 0 Å². The van der Waals surface area contributed by atoms with Crippen molar-refractivity contribution < 1.29 is 19.1 Å². The lowest BCUT2D eigenvalue weighted by Crippen LogP contribution is -2.17. The number of thioether (sulfide) groups is 1. The predicted molar refractivity (Wildman–Crippen MR) is 80.6 cm³/mol. The molecule has 0 aliphatic carbocycles. The van der Waals surface area contributed by atoms with Crippen molar-refractivity contribution in [2.45, 2.75) is 6.92 Å². The van der Waals surface area contributed by atoms with Crippen LogP contribution in [0.5, 0.6) is 11.5 Å². The van der Waals surface area contributed by atoms with Crippen LogP contribution in [0, 0.1) is 0 Å². The number of benzene rings is 1. The van der Waals surface area contributed by atoms with Gasteiger partial charge in [-0.05, 0) is 23.8 Å². The van der Waals surface area contributed by atoms with E-state index in [0.29, 0.717) is 20.7 Å². The zero-order valence-corrected chi connectivity index (χ0v) is 12.4. The van der Waals surface area contributed by atoms with Crippen LogP contribution in [0.1, 0.15) is 12.5 Å². The monoisotopic (exact) mass is 309 g/mol. The van der Waals surface area contributed by atoms with Gasteiger partial charge in [-0.3, -0.25) is 9.59 Å². The number of amides is 1. The molecule has 0 unspecified atom stereocenters. The minimum absolute atomic E-state index is 0.219. The molecule has 1 N–H and O–H groups in total. The van der Waals surface area contributed by atoms with Crippen molar-refractivity contribution in [3.05, 3.63) is 28.7 Å². The lowest BCUT2D eigenvalue weighted by Gasteiger charge is -2.08. The molecule has 0 saturated carbocycles. The molecule has 1 aromatic carbocycles. The summed E-state index contributed by atoms with van der Waals surface area (Å²) < 4.78 is 10.6. The summed E-state index contributed by atoms with van der Waals surface area (Å²) >= 11 is 6.12. The Kier molecular flexibility index (Phi) is 4.41. The summed E-state index contributed by atoms with van der Waals surface area (Å²) in [6.07, 6.45) is 1.69. The fraction of sp³-hybridized carbons (Fsp3) is 0.154. The van der Waals surface area contributed by atoms with E-state index in [1.165, 1.54) is 25.8 Å². The summed E-state index contributed by atoms with van der Waals surface area (Å²) in [7, 11) is 1.48. The average molecular weight is 309 g/mol. The molecule has 1 amide bonds. The van der Waals surface area contributed by atoms with Gasteiger partial charge in [-0.25, -0.2) is 0 Å². The molecule has 0 aromatic heterocycles. The fourth-order valence-electron chi connectivity index (χ4n) is 1.59. The largest absolute Gasteiger partial charge is 0.493 e. The first-order valence-corrected chi connectivity index (χ1v) is 6.83. The van der Waals surface area contributed by atoms with Gasteiger partial charge in [0.05, 0.1) is 12.0 Å². The lowest BCUT2D eigenvalue weighted by molar-refractivity contribution is -0.132. The maximum Gasteiger partial charge on any atom is 0.308 e. The third-order valence-electron chi connectivity index (χ3n) is 2.38. The molecule has 0 bridgehead atoms. The van der Waals surface area contributed by atoms with Crippen molar-refractivity contribution in [3.8, 4) is 11.5 Å². The van der Waals surface area contributed by atoms with Gasteiger partial charge in [-0.15, -0.1) is 0 Å². The van der Waals surface area contributed by atoms with Crippen molar-refractivity contribution in [2.75, 3.05) is 7.11 Å². The van der Waals surface area contributed by atoms with Crippen molar-refractivity contribution in [3.63, 3.8) is 0 Å². The van der Waals surface area contributed by atoms with Gasteiger partial charge in [0.2, 0.25) is 0 Å². The third-order valence-corrected chi connectivity index (χ3v) is 3.54. The Hall–Kier alpha value is -1.86. The molecule has 1 aromatic rings.